The lowest BCUT2D eigenvalue weighted by atomic mass is 9.80. The Morgan fingerprint density at radius 1 is 1.18 bits per heavy atom. The molecule has 1 aliphatic rings. The van der Waals surface area contributed by atoms with Crippen molar-refractivity contribution in [3.05, 3.63) is 0 Å². The molecular weight excluding hydrogens is 282 g/mol. The van der Waals surface area contributed by atoms with Gasteiger partial charge in [0.1, 0.15) is 0 Å². The molecule has 3 amide bonds. The van der Waals surface area contributed by atoms with Gasteiger partial charge in [-0.2, -0.15) is 0 Å². The van der Waals surface area contributed by atoms with Gasteiger partial charge in [0, 0.05) is 18.6 Å². The van der Waals surface area contributed by atoms with Crippen molar-refractivity contribution in [3.8, 4) is 0 Å². The van der Waals surface area contributed by atoms with Gasteiger partial charge in [-0.25, -0.2) is 4.79 Å². The first-order valence-corrected chi connectivity index (χ1v) is 8.11. The summed E-state index contributed by atoms with van der Waals surface area (Å²) in [6.45, 7) is 1.09. The van der Waals surface area contributed by atoms with Crippen molar-refractivity contribution >= 4 is 11.9 Å². The highest BCUT2D eigenvalue weighted by Crippen LogP contribution is 2.31. The van der Waals surface area contributed by atoms with Crippen molar-refractivity contribution in [1.29, 1.82) is 0 Å². The maximum atomic E-state index is 12.1. The largest absolute Gasteiger partial charge is 0.353 e. The van der Waals surface area contributed by atoms with Crippen molar-refractivity contribution < 1.29 is 9.59 Å². The fraction of sp³-hybridized carbons (Fsp3) is 0.867. The van der Waals surface area contributed by atoms with E-state index < -0.39 is 12.1 Å². The summed E-state index contributed by atoms with van der Waals surface area (Å²) in [5.41, 5.74) is 10.9. The van der Waals surface area contributed by atoms with Crippen LogP contribution in [0.1, 0.15) is 44.9 Å². The summed E-state index contributed by atoms with van der Waals surface area (Å²) in [6, 6.07) is -1.10. The number of hydrogen-bond acceptors (Lipinski definition) is 4. The van der Waals surface area contributed by atoms with Crippen molar-refractivity contribution in [2.45, 2.75) is 56.5 Å². The first-order chi connectivity index (χ1) is 10.4. The number of urea groups is 1. The van der Waals surface area contributed by atoms with Crippen LogP contribution in [0.15, 0.2) is 0 Å². The minimum atomic E-state index is -0.553. The summed E-state index contributed by atoms with van der Waals surface area (Å²) >= 11 is 0. The Morgan fingerprint density at radius 2 is 1.82 bits per heavy atom. The monoisotopic (exact) mass is 313 g/mol. The number of carbonyl (C=O) groups excluding carboxylic acids is 2. The molecule has 128 valence electrons. The maximum absolute atomic E-state index is 12.1. The standard InChI is InChI=1S/C15H31N5O2/c1-20(2)15(8-4-3-5-9-15)11-19-13(21)12(16)7-6-10-18-14(17)22/h12H,3-11,16H2,1-2H3,(H,19,21)(H3,17,18,22). The zero-order valence-electron chi connectivity index (χ0n) is 13.9. The van der Waals surface area contributed by atoms with Gasteiger partial charge in [0.2, 0.25) is 5.91 Å². The molecule has 0 aromatic carbocycles. The highest BCUT2D eigenvalue weighted by Gasteiger charge is 2.34. The summed E-state index contributed by atoms with van der Waals surface area (Å²) < 4.78 is 0. The molecule has 0 radical (unpaired) electrons. The number of carbonyl (C=O) groups is 2. The quantitative estimate of drug-likeness (QED) is 0.477. The molecule has 1 atom stereocenters. The van der Waals surface area contributed by atoms with Crippen LogP contribution in [-0.4, -0.2) is 55.6 Å². The van der Waals surface area contributed by atoms with Gasteiger partial charge in [0.05, 0.1) is 6.04 Å². The maximum Gasteiger partial charge on any atom is 0.312 e. The molecule has 0 aromatic rings. The number of nitrogens with two attached hydrogens (primary N) is 2. The average Bonchev–Trinajstić information content (AvgIpc) is 2.49. The summed E-state index contributed by atoms with van der Waals surface area (Å²) in [7, 11) is 4.15. The molecule has 22 heavy (non-hydrogen) atoms. The van der Waals surface area contributed by atoms with Crippen LogP contribution in [0.4, 0.5) is 4.79 Å². The lowest BCUT2D eigenvalue weighted by molar-refractivity contribution is -0.123. The van der Waals surface area contributed by atoms with Crippen LogP contribution in [0.25, 0.3) is 0 Å². The van der Waals surface area contributed by atoms with E-state index in [0.29, 0.717) is 25.9 Å². The fourth-order valence-electron chi connectivity index (χ4n) is 3.04. The minimum absolute atomic E-state index is 0.0567. The second kappa shape index (κ2) is 8.95. The Labute approximate surface area is 133 Å². The predicted octanol–water partition coefficient (Wildman–Crippen LogP) is 0.143. The van der Waals surface area contributed by atoms with E-state index in [9.17, 15) is 9.59 Å². The molecule has 0 aromatic heterocycles. The van der Waals surface area contributed by atoms with Gasteiger partial charge in [-0.05, 0) is 39.8 Å². The van der Waals surface area contributed by atoms with Crippen LogP contribution >= 0.6 is 0 Å². The van der Waals surface area contributed by atoms with Crippen LogP contribution in [0.3, 0.4) is 0 Å². The lowest BCUT2D eigenvalue weighted by Gasteiger charge is -2.43. The molecule has 0 spiro atoms. The Hall–Kier alpha value is -1.34. The van der Waals surface area contributed by atoms with E-state index in [1.54, 1.807) is 0 Å². The van der Waals surface area contributed by atoms with E-state index in [-0.39, 0.29) is 11.4 Å². The zero-order chi connectivity index (χ0) is 16.6. The highest BCUT2D eigenvalue weighted by atomic mass is 16.2. The summed E-state index contributed by atoms with van der Waals surface area (Å²) in [6.07, 6.45) is 7.07. The number of primary amides is 1. The van der Waals surface area contributed by atoms with E-state index in [2.05, 4.69) is 29.6 Å². The summed E-state index contributed by atoms with van der Waals surface area (Å²) in [5, 5.41) is 5.50. The summed E-state index contributed by atoms with van der Waals surface area (Å²) in [4.78, 5) is 24.9. The smallest absolute Gasteiger partial charge is 0.312 e. The Balaban J connectivity index is 2.35. The topological polar surface area (TPSA) is 113 Å². The third-order valence-corrected chi connectivity index (χ3v) is 4.65. The number of likely N-dealkylation sites (N-methyl/N-ethyl adjacent to an activating group) is 1. The van der Waals surface area contributed by atoms with E-state index in [4.69, 9.17) is 11.5 Å². The van der Waals surface area contributed by atoms with E-state index in [1.807, 2.05) is 0 Å². The number of hydrogen-bond donors (Lipinski definition) is 4. The van der Waals surface area contributed by atoms with Gasteiger partial charge in [0.15, 0.2) is 0 Å². The van der Waals surface area contributed by atoms with E-state index >= 15 is 0 Å². The molecule has 0 heterocycles. The van der Waals surface area contributed by atoms with Crippen LogP contribution in [-0.2, 0) is 4.79 Å². The normalized spacial score (nSPS) is 18.7. The van der Waals surface area contributed by atoms with Crippen molar-refractivity contribution in [1.82, 2.24) is 15.5 Å². The third-order valence-electron chi connectivity index (χ3n) is 4.65. The highest BCUT2D eigenvalue weighted by molar-refractivity contribution is 5.81. The second-order valence-corrected chi connectivity index (χ2v) is 6.44. The van der Waals surface area contributed by atoms with E-state index in [1.165, 1.54) is 19.3 Å². The molecule has 1 aliphatic carbocycles. The van der Waals surface area contributed by atoms with Crippen LogP contribution in [0.2, 0.25) is 0 Å². The molecule has 1 unspecified atom stereocenters. The number of amides is 3. The molecule has 1 saturated carbocycles. The van der Waals surface area contributed by atoms with Crippen molar-refractivity contribution in [2.75, 3.05) is 27.2 Å². The molecule has 0 saturated heterocycles. The number of nitrogens with one attached hydrogen (secondary N) is 2. The van der Waals surface area contributed by atoms with Crippen LogP contribution in [0.5, 0.6) is 0 Å². The molecule has 0 aliphatic heterocycles. The molecule has 1 fully saturated rings. The van der Waals surface area contributed by atoms with E-state index in [0.717, 1.165) is 12.8 Å². The summed E-state index contributed by atoms with van der Waals surface area (Å²) in [5.74, 6) is -0.120. The lowest BCUT2D eigenvalue weighted by Crippen LogP contribution is -2.55. The number of nitrogens with zero attached hydrogens (tertiary/aromatic N) is 1. The Bertz CT molecular complexity index is 367. The van der Waals surface area contributed by atoms with Gasteiger partial charge in [0.25, 0.3) is 0 Å². The molecule has 7 nitrogen and oxygen atoms in total. The van der Waals surface area contributed by atoms with Gasteiger partial charge in [-0.15, -0.1) is 0 Å². The SMILES string of the molecule is CN(C)C1(CNC(=O)C(N)CCCNC(N)=O)CCCCC1. The minimum Gasteiger partial charge on any atom is -0.353 e. The molecule has 1 rings (SSSR count). The van der Waals surface area contributed by atoms with Crippen molar-refractivity contribution in [2.24, 2.45) is 11.5 Å². The molecule has 0 bridgehead atoms. The first kappa shape index (κ1) is 18.7. The zero-order valence-corrected chi connectivity index (χ0v) is 13.9. The van der Waals surface area contributed by atoms with Gasteiger partial charge < -0.3 is 27.0 Å². The third kappa shape index (κ3) is 5.81. The average molecular weight is 313 g/mol. The second-order valence-electron chi connectivity index (χ2n) is 6.44. The number of rotatable bonds is 8. The van der Waals surface area contributed by atoms with Crippen LogP contribution < -0.4 is 22.1 Å². The Kier molecular flexibility index (Phi) is 7.61. The molecular formula is C15H31N5O2. The van der Waals surface area contributed by atoms with Gasteiger partial charge in [-0.1, -0.05) is 19.3 Å². The first-order valence-electron chi connectivity index (χ1n) is 8.11. The molecule has 7 heteroatoms. The predicted molar refractivity (Wildman–Crippen MR) is 87.3 cm³/mol. The van der Waals surface area contributed by atoms with Gasteiger partial charge >= 0.3 is 6.03 Å². The fourth-order valence-corrected chi connectivity index (χ4v) is 3.04. The molecule has 6 N–H and O–H groups in total. The van der Waals surface area contributed by atoms with Crippen LogP contribution in [0, 0.1) is 0 Å². The van der Waals surface area contributed by atoms with Gasteiger partial charge in [-0.3, -0.25) is 4.79 Å². The Morgan fingerprint density at radius 3 is 2.36 bits per heavy atom. The van der Waals surface area contributed by atoms with Crippen molar-refractivity contribution in [3.63, 3.8) is 0 Å².